The molecule has 0 saturated carbocycles. The number of benzene rings is 5. The molecule has 5 aromatic carbocycles. The first-order chi connectivity index (χ1) is 40.6. The van der Waals surface area contributed by atoms with Gasteiger partial charge in [-0.25, -0.2) is 0 Å². The van der Waals surface area contributed by atoms with Crippen LogP contribution in [-0.2, 0) is 79.0 Å². The van der Waals surface area contributed by atoms with Crippen LogP contribution in [0.4, 0.5) is 11.4 Å². The van der Waals surface area contributed by atoms with Gasteiger partial charge in [0.2, 0.25) is 11.8 Å². The summed E-state index contributed by atoms with van der Waals surface area (Å²) in [5.41, 5.74) is 9.76. The second kappa shape index (κ2) is 27.1. The topological polar surface area (TPSA) is 216 Å². The van der Waals surface area contributed by atoms with Gasteiger partial charge in [0.05, 0.1) is 37.6 Å². The molecule has 4 aliphatic rings. The molecular weight excluding hydrogens is 1140 g/mol. The number of methoxy groups -OCH3 is 1. The van der Waals surface area contributed by atoms with Crippen LogP contribution in [0.15, 0.2) is 96.0 Å². The molecule has 4 amide bonds. The van der Waals surface area contributed by atoms with Gasteiger partial charge in [0, 0.05) is 78.3 Å². The van der Waals surface area contributed by atoms with Gasteiger partial charge in [0.25, 0.3) is 21.9 Å². The molecule has 17 nitrogen and oxygen atoms in total. The van der Waals surface area contributed by atoms with Crippen LogP contribution >= 0.6 is 21.6 Å². The van der Waals surface area contributed by atoms with Crippen LogP contribution in [0.25, 0.3) is 0 Å². The lowest BCUT2D eigenvalue weighted by molar-refractivity contribution is -0.129. The maximum absolute atomic E-state index is 14.2. The lowest BCUT2D eigenvalue weighted by Crippen LogP contribution is -2.44. The molecule has 20 heteroatoms. The zero-order chi connectivity index (χ0) is 60.7. The molecule has 0 aliphatic carbocycles. The molecule has 5 aromatic rings. The number of nitrogens with one attached hydrogen (secondary N) is 2. The highest BCUT2D eigenvalue weighted by Gasteiger charge is 2.37. The van der Waals surface area contributed by atoms with Crippen molar-refractivity contribution < 1.29 is 55.6 Å². The Morgan fingerprint density at radius 1 is 0.776 bits per heavy atom. The number of hydrogen-bond acceptors (Lipinski definition) is 15. The molecule has 9 rings (SSSR count). The lowest BCUT2D eigenvalue weighted by atomic mass is 9.92. The van der Waals surface area contributed by atoms with Crippen molar-refractivity contribution in [2.45, 2.75) is 154 Å². The van der Waals surface area contributed by atoms with Crippen molar-refractivity contribution in [1.82, 2.24) is 15.1 Å². The van der Waals surface area contributed by atoms with Gasteiger partial charge in [-0.05, 0) is 147 Å². The first-order valence-corrected chi connectivity index (χ1v) is 32.7. The molecule has 0 bridgehead atoms. The van der Waals surface area contributed by atoms with E-state index in [2.05, 4.69) is 39.1 Å². The van der Waals surface area contributed by atoms with E-state index in [1.165, 1.54) is 32.7 Å². The van der Waals surface area contributed by atoms with E-state index in [1.807, 2.05) is 79.3 Å². The number of carbonyl (C=O) groups excluding carboxylic acids is 6. The number of nitrogens with zero attached hydrogens (tertiary/aromatic N) is 3. The Kier molecular flexibility index (Phi) is 20.0. The molecule has 450 valence electrons. The van der Waals surface area contributed by atoms with Crippen LogP contribution in [0, 0.1) is 12.8 Å². The van der Waals surface area contributed by atoms with Crippen molar-refractivity contribution in [2.24, 2.45) is 10.9 Å². The van der Waals surface area contributed by atoms with E-state index in [9.17, 15) is 37.2 Å². The van der Waals surface area contributed by atoms with Gasteiger partial charge in [-0.1, -0.05) is 84.0 Å². The molecule has 0 aromatic heterocycles. The SMILES string of the molecule is CCC(=O)C(CCSSC(C)(C)CCC(=O)N[C@@H](C)C(=O)C[C@@H](C)C(=O)Nc1cc(COc2cc3c(cc2C)C(=O)N2Cc4ccccc4C[C@H]2C=N3)cc(COc2cc3c(cc2OC)C(=O)N2Cc4ccccc4C[C@H]2CC3)c1)S(=O)(=O)OC. The summed E-state index contributed by atoms with van der Waals surface area (Å²) >= 11 is 0. The quantitative estimate of drug-likeness (QED) is 0.0316. The van der Waals surface area contributed by atoms with Crippen LogP contribution in [0.5, 0.6) is 17.2 Å². The fourth-order valence-corrected chi connectivity index (χ4v) is 15.3. The third kappa shape index (κ3) is 15.0. The predicted octanol–water partition coefficient (Wildman–Crippen LogP) is 10.7. The third-order valence-corrected chi connectivity index (χ3v) is 21.4. The number of ether oxygens (including phenoxy) is 3. The summed E-state index contributed by atoms with van der Waals surface area (Å²) < 4.78 is 47.8. The molecule has 0 radical (unpaired) electrons. The monoisotopic (exact) mass is 1210 g/mol. The van der Waals surface area contributed by atoms with Crippen molar-refractivity contribution in [3.05, 3.63) is 147 Å². The first-order valence-electron chi connectivity index (χ1n) is 28.9. The van der Waals surface area contributed by atoms with Crippen LogP contribution in [0.1, 0.15) is 138 Å². The second-order valence-electron chi connectivity index (χ2n) is 23.0. The molecule has 2 N–H and O–H groups in total. The number of amides is 4. The number of rotatable bonds is 25. The van der Waals surface area contributed by atoms with E-state index in [-0.39, 0.29) is 74.5 Å². The largest absolute Gasteiger partial charge is 0.493 e. The minimum absolute atomic E-state index is 0.0388. The minimum atomic E-state index is -4.01. The second-order valence-corrected chi connectivity index (χ2v) is 28.0. The number of aryl methyl sites for hydroxylation is 2. The van der Waals surface area contributed by atoms with Gasteiger partial charge >= 0.3 is 0 Å². The molecule has 0 fully saturated rings. The van der Waals surface area contributed by atoms with Gasteiger partial charge in [0.1, 0.15) is 24.2 Å². The molecule has 4 heterocycles. The van der Waals surface area contributed by atoms with E-state index in [1.54, 1.807) is 52.1 Å². The Morgan fingerprint density at radius 3 is 2.09 bits per heavy atom. The summed E-state index contributed by atoms with van der Waals surface area (Å²) in [6.45, 7) is 11.8. The molecule has 5 atom stereocenters. The lowest BCUT2D eigenvalue weighted by Gasteiger charge is -2.35. The van der Waals surface area contributed by atoms with Crippen molar-refractivity contribution >= 4 is 84.5 Å². The fourth-order valence-electron chi connectivity index (χ4n) is 11.4. The Hall–Kier alpha value is -7.00. The van der Waals surface area contributed by atoms with Gasteiger partial charge in [-0.15, -0.1) is 0 Å². The third-order valence-electron chi connectivity index (χ3n) is 16.4. The summed E-state index contributed by atoms with van der Waals surface area (Å²) in [5, 5.41) is 4.57. The van der Waals surface area contributed by atoms with Crippen LogP contribution in [0.3, 0.4) is 0 Å². The van der Waals surface area contributed by atoms with Crippen LogP contribution in [-0.4, -0.2) is 108 Å². The van der Waals surface area contributed by atoms with Gasteiger partial charge in [-0.3, -0.25) is 37.9 Å². The Labute approximate surface area is 506 Å². The number of hydrogen-bond donors (Lipinski definition) is 2. The van der Waals surface area contributed by atoms with Crippen molar-refractivity contribution in [3.8, 4) is 17.2 Å². The van der Waals surface area contributed by atoms with E-state index in [4.69, 9.17) is 19.2 Å². The minimum Gasteiger partial charge on any atom is -0.493 e. The van der Waals surface area contributed by atoms with E-state index < -0.39 is 43.8 Å². The fraction of sp³-hybridized carbons (Fsp3) is 0.431. The highest BCUT2D eigenvalue weighted by atomic mass is 33.1. The zero-order valence-corrected chi connectivity index (χ0v) is 51.9. The number of anilines is 1. The zero-order valence-electron chi connectivity index (χ0n) is 49.5. The molecule has 0 spiro atoms. The Bertz CT molecular complexity index is 3530. The molecule has 85 heavy (non-hydrogen) atoms. The van der Waals surface area contributed by atoms with Crippen LogP contribution < -0.4 is 24.8 Å². The average Bonchev–Trinajstić information content (AvgIpc) is 3.79. The summed E-state index contributed by atoms with van der Waals surface area (Å²) in [4.78, 5) is 90.0. The molecule has 4 aliphatic heterocycles. The highest BCUT2D eigenvalue weighted by molar-refractivity contribution is 8.77. The Morgan fingerprint density at radius 2 is 1.42 bits per heavy atom. The van der Waals surface area contributed by atoms with Gasteiger partial charge in [-0.2, -0.15) is 8.42 Å². The Balaban J connectivity index is 0.864. The maximum atomic E-state index is 14.2. The summed E-state index contributed by atoms with van der Waals surface area (Å²) in [5.74, 6) is -0.605. The van der Waals surface area contributed by atoms with Gasteiger partial charge in [0.15, 0.2) is 23.1 Å². The smallest absolute Gasteiger partial charge is 0.277 e. The summed E-state index contributed by atoms with van der Waals surface area (Å²) in [6, 6.07) is 28.2. The van der Waals surface area contributed by atoms with Gasteiger partial charge < -0.3 is 34.6 Å². The number of carbonyl (C=O) groups is 6. The summed E-state index contributed by atoms with van der Waals surface area (Å²) in [6.07, 6.45) is 5.39. The van der Waals surface area contributed by atoms with Crippen molar-refractivity contribution in [2.75, 3.05) is 25.3 Å². The number of fused-ring (bicyclic) bond motifs is 6. The normalized spacial score (nSPS) is 17.3. The standard InChI is InChI=1S/C65H75N5O12S3/c1-9-55(71)60(85(77,78)80-8)21-23-83-84-65(5,6)22-20-61(73)67-41(4)56(72)25-40(3)62(74)68-49-27-42(37-81-57-33-54-53(24-39(57)2)64(76)70-36-48-17-13-11-15-45(48)30-51(70)34-66-54)26-43(28-49)38-82-59-31-46-18-19-50-29-44-14-10-12-16-47(44)35-69(50)63(75)52(46)32-58(59)79-7/h10-17,24,26-28,31-34,40-41,50-51,60H,9,18-23,25,29-30,35-38H2,1-8H3,(H,67,73)(H,68,74)/t40-,41+,50-,51+,60?/m1/s1. The van der Waals surface area contributed by atoms with Crippen molar-refractivity contribution in [3.63, 3.8) is 0 Å². The van der Waals surface area contributed by atoms with Crippen LogP contribution in [0.2, 0.25) is 0 Å². The predicted molar refractivity (Wildman–Crippen MR) is 331 cm³/mol. The number of ketones is 2. The number of aliphatic imine (C=N–C) groups is 1. The maximum Gasteiger partial charge on any atom is 0.277 e. The molecule has 1 unspecified atom stereocenters. The molecule has 0 saturated heterocycles. The highest BCUT2D eigenvalue weighted by Crippen LogP contribution is 2.41. The van der Waals surface area contributed by atoms with Crippen molar-refractivity contribution in [1.29, 1.82) is 0 Å². The first kappa shape index (κ1) is 62.5. The van der Waals surface area contributed by atoms with E-state index in [0.29, 0.717) is 89.0 Å². The van der Waals surface area contributed by atoms with E-state index in [0.717, 1.165) is 42.2 Å². The average molecular weight is 1210 g/mol. The number of Topliss-reactive ketones (excluding diaryl/α,β-unsaturated/α-hetero) is 2. The summed E-state index contributed by atoms with van der Waals surface area (Å²) in [7, 11) is 1.49. The molecular formula is C65H75N5O12S3. The van der Waals surface area contributed by atoms with E-state index >= 15 is 0 Å².